The van der Waals surface area contributed by atoms with Crippen LogP contribution in [0.5, 0.6) is 0 Å². The van der Waals surface area contributed by atoms with E-state index in [0.29, 0.717) is 0 Å². The molecule has 0 amide bonds. The molecule has 0 aliphatic heterocycles. The predicted octanol–water partition coefficient (Wildman–Crippen LogP) is 7.83. The Morgan fingerprint density at radius 2 is 1.00 bits per heavy atom. The second-order valence-electron chi connectivity index (χ2n) is 8.77. The van der Waals surface area contributed by atoms with Gasteiger partial charge in [-0.3, -0.25) is 0 Å². The maximum Gasteiger partial charge on any atom is -0.0207 e. The lowest BCUT2D eigenvalue weighted by atomic mass is 9.94. The van der Waals surface area contributed by atoms with E-state index < -0.39 is 0 Å². The summed E-state index contributed by atoms with van der Waals surface area (Å²) in [6.07, 6.45) is 21.9. The topological polar surface area (TPSA) is 0 Å². The van der Waals surface area contributed by atoms with Crippen molar-refractivity contribution in [1.82, 2.24) is 0 Å². The first kappa shape index (κ1) is 21.3. The fourth-order valence-electron chi connectivity index (χ4n) is 3.61. The molecule has 0 aromatic carbocycles. The molecule has 0 saturated heterocycles. The van der Waals surface area contributed by atoms with E-state index in [0.717, 1.165) is 35.5 Å². The van der Waals surface area contributed by atoms with Gasteiger partial charge in [-0.1, -0.05) is 78.0 Å². The molecule has 0 fully saturated rings. The van der Waals surface area contributed by atoms with Gasteiger partial charge in [-0.05, 0) is 74.0 Å². The summed E-state index contributed by atoms with van der Waals surface area (Å²) < 4.78 is 0. The van der Waals surface area contributed by atoms with Gasteiger partial charge >= 0.3 is 0 Å². The maximum atomic E-state index is 2.35. The van der Waals surface area contributed by atoms with Crippen LogP contribution in [0.25, 0.3) is 0 Å². The molecule has 2 atom stereocenters. The van der Waals surface area contributed by atoms with Gasteiger partial charge in [-0.15, -0.1) is 0 Å². The second kappa shape index (κ2) is 11.7. The Labute approximate surface area is 152 Å². The molecule has 0 spiro atoms. The Morgan fingerprint density at radius 3 is 1.17 bits per heavy atom. The van der Waals surface area contributed by atoms with Gasteiger partial charge in [0.05, 0.1) is 0 Å². The Bertz CT molecular complexity index is 360. The number of allylic oxidation sites excluding steroid dienone is 6. The second-order valence-corrected chi connectivity index (χ2v) is 8.77. The molecule has 0 radical (unpaired) electrons. The molecule has 3 rings (SSSR count). The Hall–Kier alpha value is -0.780. The quantitative estimate of drug-likeness (QED) is 0.462. The smallest absolute Gasteiger partial charge is 0.0207 e. The minimum absolute atomic E-state index is 0.855. The van der Waals surface area contributed by atoms with E-state index in [1.54, 1.807) is 0 Å². The van der Waals surface area contributed by atoms with Gasteiger partial charge in [0.1, 0.15) is 0 Å². The van der Waals surface area contributed by atoms with Gasteiger partial charge in [-0.25, -0.2) is 0 Å². The molecule has 0 aromatic heterocycles. The molecule has 2 unspecified atom stereocenters. The van der Waals surface area contributed by atoms with Crippen LogP contribution in [0.4, 0.5) is 0 Å². The molecule has 0 bridgehead atoms. The maximum absolute atomic E-state index is 2.35. The number of hydrogen-bond donors (Lipinski definition) is 0. The van der Waals surface area contributed by atoms with Crippen molar-refractivity contribution < 1.29 is 0 Å². The first-order valence-corrected chi connectivity index (χ1v) is 10.4. The van der Waals surface area contributed by atoms with Crippen molar-refractivity contribution in [3.63, 3.8) is 0 Å². The fraction of sp³-hybridized carbons (Fsp3) is 0.750. The van der Waals surface area contributed by atoms with Crippen molar-refractivity contribution in [2.45, 2.75) is 80.1 Å². The highest BCUT2D eigenvalue weighted by Gasteiger charge is 2.13. The largest absolute Gasteiger partial charge is 0.0882 e. The van der Waals surface area contributed by atoms with Gasteiger partial charge < -0.3 is 0 Å². The summed E-state index contributed by atoms with van der Waals surface area (Å²) in [6.45, 7) is 13.8. The van der Waals surface area contributed by atoms with E-state index in [-0.39, 0.29) is 0 Å². The zero-order valence-electron chi connectivity index (χ0n) is 17.2. The van der Waals surface area contributed by atoms with Gasteiger partial charge in [0.25, 0.3) is 0 Å². The highest BCUT2D eigenvalue weighted by Crippen LogP contribution is 2.25. The molecule has 3 aliphatic rings. The molecule has 0 heteroatoms. The van der Waals surface area contributed by atoms with Gasteiger partial charge in [-0.2, -0.15) is 0 Å². The van der Waals surface area contributed by atoms with Crippen LogP contribution in [-0.2, 0) is 0 Å². The molecular weight excluding hydrogens is 288 g/mol. The molecule has 0 aromatic rings. The summed E-state index contributed by atoms with van der Waals surface area (Å²) in [5.41, 5.74) is 0. The minimum Gasteiger partial charge on any atom is -0.0882 e. The van der Waals surface area contributed by atoms with Gasteiger partial charge in [0.15, 0.2) is 0 Å². The van der Waals surface area contributed by atoms with Crippen LogP contribution in [0.2, 0.25) is 0 Å². The normalized spacial score (nSPS) is 25.4. The Kier molecular flexibility index (Phi) is 10.4. The molecule has 0 nitrogen and oxygen atoms in total. The molecule has 3 aliphatic carbocycles. The lowest BCUT2D eigenvalue weighted by molar-refractivity contribution is 0.409. The number of rotatable bonds is 3. The minimum atomic E-state index is 0.855. The summed E-state index contributed by atoms with van der Waals surface area (Å²) in [5.74, 6) is 5.31. The van der Waals surface area contributed by atoms with E-state index in [2.05, 4.69) is 78.0 Å². The van der Waals surface area contributed by atoms with Crippen molar-refractivity contribution in [1.29, 1.82) is 0 Å². The van der Waals surface area contributed by atoms with E-state index >= 15 is 0 Å². The van der Waals surface area contributed by atoms with Crippen LogP contribution < -0.4 is 0 Å². The zero-order chi connectivity index (χ0) is 17.9. The van der Waals surface area contributed by atoms with Crippen molar-refractivity contribution in [3.8, 4) is 0 Å². The average molecular weight is 331 g/mol. The van der Waals surface area contributed by atoms with Crippen molar-refractivity contribution in [3.05, 3.63) is 36.5 Å². The molecule has 0 N–H and O–H groups in total. The van der Waals surface area contributed by atoms with Crippen LogP contribution in [0.15, 0.2) is 36.5 Å². The van der Waals surface area contributed by atoms with E-state index in [4.69, 9.17) is 0 Å². The van der Waals surface area contributed by atoms with Gasteiger partial charge in [0.2, 0.25) is 0 Å². The number of hydrogen-bond acceptors (Lipinski definition) is 0. The van der Waals surface area contributed by atoms with Crippen LogP contribution >= 0.6 is 0 Å². The monoisotopic (exact) mass is 330 g/mol. The van der Waals surface area contributed by atoms with Crippen LogP contribution in [0, 0.1) is 35.5 Å². The standard InChI is InChI=1S/3C8H14/c3*1-7(2)8-5-3-4-6-8/h2*3,5,7-8H,4,6H2,1-2H3;3-4,7-8H,5-6H2,1-2H3. The summed E-state index contributed by atoms with van der Waals surface area (Å²) in [6, 6.07) is 0. The van der Waals surface area contributed by atoms with Crippen LogP contribution in [0.1, 0.15) is 80.1 Å². The highest BCUT2D eigenvalue weighted by molar-refractivity contribution is 4.97. The summed E-state index contributed by atoms with van der Waals surface area (Å²) in [4.78, 5) is 0. The van der Waals surface area contributed by atoms with Crippen molar-refractivity contribution in [2.75, 3.05) is 0 Å². The summed E-state index contributed by atoms with van der Waals surface area (Å²) >= 11 is 0. The lowest BCUT2D eigenvalue weighted by Crippen LogP contribution is -2.02. The van der Waals surface area contributed by atoms with Crippen molar-refractivity contribution >= 4 is 0 Å². The Balaban J connectivity index is 0.000000180. The lowest BCUT2D eigenvalue weighted by Gasteiger charge is -2.11. The van der Waals surface area contributed by atoms with Crippen LogP contribution in [-0.4, -0.2) is 0 Å². The molecule has 138 valence electrons. The van der Waals surface area contributed by atoms with Crippen molar-refractivity contribution in [2.24, 2.45) is 35.5 Å². The SMILES string of the molecule is CC(C)C1C=CCC1.CC(C)C1C=CCC1.CC(C)C1CC=CC1. The fourth-order valence-corrected chi connectivity index (χ4v) is 3.61. The Morgan fingerprint density at radius 1 is 0.583 bits per heavy atom. The van der Waals surface area contributed by atoms with E-state index in [9.17, 15) is 0 Å². The summed E-state index contributed by atoms with van der Waals surface area (Å²) in [5, 5.41) is 0. The molecule has 24 heavy (non-hydrogen) atoms. The van der Waals surface area contributed by atoms with Gasteiger partial charge in [0, 0.05) is 0 Å². The third-order valence-corrected chi connectivity index (χ3v) is 5.80. The average Bonchev–Trinajstić information content (AvgIpc) is 3.29. The first-order chi connectivity index (χ1) is 11.4. The zero-order valence-corrected chi connectivity index (χ0v) is 17.2. The molecular formula is C24H42. The summed E-state index contributed by atoms with van der Waals surface area (Å²) in [7, 11) is 0. The van der Waals surface area contributed by atoms with Crippen LogP contribution in [0.3, 0.4) is 0 Å². The molecule has 0 saturated carbocycles. The third kappa shape index (κ3) is 8.36. The predicted molar refractivity (Wildman–Crippen MR) is 110 cm³/mol. The van der Waals surface area contributed by atoms with E-state index in [1.807, 2.05) is 0 Å². The molecule has 0 heterocycles. The first-order valence-electron chi connectivity index (χ1n) is 10.4. The van der Waals surface area contributed by atoms with E-state index in [1.165, 1.54) is 38.5 Å². The highest BCUT2D eigenvalue weighted by atomic mass is 14.2. The third-order valence-electron chi connectivity index (χ3n) is 5.80.